The topological polar surface area (TPSA) is 38.5 Å². The van der Waals surface area contributed by atoms with Gasteiger partial charge in [0, 0.05) is 38.0 Å². The fourth-order valence-corrected chi connectivity index (χ4v) is 3.11. The number of hydrogen-bond acceptors (Lipinski definition) is 3. The molecule has 0 aliphatic carbocycles. The molecule has 3 nitrogen and oxygen atoms in total. The van der Waals surface area contributed by atoms with Gasteiger partial charge in [0.15, 0.2) is 0 Å². The maximum Gasteiger partial charge on any atom is 0.0469 e. The van der Waals surface area contributed by atoms with Crippen LogP contribution in [0, 0.1) is 5.92 Å². The first kappa shape index (κ1) is 15.3. The Labute approximate surface area is 123 Å². The molecule has 20 heavy (non-hydrogen) atoms. The van der Waals surface area contributed by atoms with E-state index in [9.17, 15) is 0 Å². The summed E-state index contributed by atoms with van der Waals surface area (Å²) in [5, 5.41) is 0. The van der Waals surface area contributed by atoms with Crippen LogP contribution in [-0.2, 0) is 4.74 Å². The van der Waals surface area contributed by atoms with E-state index in [4.69, 9.17) is 10.5 Å². The van der Waals surface area contributed by atoms with Crippen LogP contribution in [0.3, 0.4) is 0 Å². The molecule has 2 rings (SSSR count). The molecule has 0 bridgehead atoms. The third-order valence-electron chi connectivity index (χ3n) is 4.29. The number of unbranched alkanes of at least 4 members (excludes halogenated alkanes) is 1. The largest absolute Gasteiger partial charge is 0.381 e. The highest BCUT2D eigenvalue weighted by molar-refractivity contribution is 5.47. The predicted octanol–water partition coefficient (Wildman–Crippen LogP) is 3.05. The van der Waals surface area contributed by atoms with E-state index in [1.165, 1.54) is 18.5 Å². The first-order chi connectivity index (χ1) is 9.86. The standard InChI is InChI=1S/C17H28N2O/c1-2-3-11-19(16-7-5-4-6-8-16)17(14-18)15-9-12-20-13-10-15/h4-8,15,17H,2-3,9-14,18H2,1H3. The highest BCUT2D eigenvalue weighted by Crippen LogP contribution is 2.27. The normalized spacial score (nSPS) is 17.9. The minimum absolute atomic E-state index is 0.438. The summed E-state index contributed by atoms with van der Waals surface area (Å²) in [6, 6.07) is 11.2. The first-order valence-electron chi connectivity index (χ1n) is 7.96. The summed E-state index contributed by atoms with van der Waals surface area (Å²) in [5.74, 6) is 0.658. The smallest absolute Gasteiger partial charge is 0.0469 e. The van der Waals surface area contributed by atoms with Gasteiger partial charge in [-0.1, -0.05) is 31.5 Å². The molecule has 0 amide bonds. The highest BCUT2D eigenvalue weighted by Gasteiger charge is 2.28. The highest BCUT2D eigenvalue weighted by atomic mass is 16.5. The number of ether oxygens (including phenoxy) is 1. The molecule has 1 aromatic carbocycles. The lowest BCUT2D eigenvalue weighted by molar-refractivity contribution is 0.0582. The predicted molar refractivity (Wildman–Crippen MR) is 85.1 cm³/mol. The molecule has 1 aliphatic rings. The summed E-state index contributed by atoms with van der Waals surface area (Å²) in [6.07, 6.45) is 4.71. The number of hydrogen-bond donors (Lipinski definition) is 1. The maximum absolute atomic E-state index is 6.13. The summed E-state index contributed by atoms with van der Waals surface area (Å²) in [5.41, 5.74) is 7.44. The molecule has 0 radical (unpaired) electrons. The number of benzene rings is 1. The van der Waals surface area contributed by atoms with Crippen molar-refractivity contribution in [3.05, 3.63) is 30.3 Å². The van der Waals surface area contributed by atoms with Crippen LogP contribution < -0.4 is 10.6 Å². The third kappa shape index (κ3) is 3.97. The van der Waals surface area contributed by atoms with Crippen LogP contribution in [0.25, 0.3) is 0 Å². The van der Waals surface area contributed by atoms with E-state index < -0.39 is 0 Å². The van der Waals surface area contributed by atoms with Crippen molar-refractivity contribution in [1.29, 1.82) is 0 Å². The Morgan fingerprint density at radius 2 is 1.95 bits per heavy atom. The van der Waals surface area contributed by atoms with Gasteiger partial charge in [-0.05, 0) is 37.3 Å². The van der Waals surface area contributed by atoms with Crippen molar-refractivity contribution in [2.45, 2.75) is 38.6 Å². The van der Waals surface area contributed by atoms with Gasteiger partial charge in [0.2, 0.25) is 0 Å². The van der Waals surface area contributed by atoms with E-state index in [1.807, 2.05) is 0 Å². The summed E-state index contributed by atoms with van der Waals surface area (Å²) in [6.45, 7) is 5.84. The Morgan fingerprint density at radius 1 is 1.25 bits per heavy atom. The van der Waals surface area contributed by atoms with Gasteiger partial charge in [-0.2, -0.15) is 0 Å². The van der Waals surface area contributed by atoms with Gasteiger partial charge in [0.25, 0.3) is 0 Å². The molecule has 1 aliphatic heterocycles. The summed E-state index contributed by atoms with van der Waals surface area (Å²) in [7, 11) is 0. The Morgan fingerprint density at radius 3 is 2.55 bits per heavy atom. The lowest BCUT2D eigenvalue weighted by atomic mass is 9.90. The van der Waals surface area contributed by atoms with Crippen LogP contribution in [0.1, 0.15) is 32.6 Å². The molecule has 1 unspecified atom stereocenters. The minimum atomic E-state index is 0.438. The molecule has 0 saturated carbocycles. The number of nitrogens with two attached hydrogens (primary N) is 1. The van der Waals surface area contributed by atoms with Gasteiger partial charge in [-0.3, -0.25) is 0 Å². The summed E-state index contributed by atoms with van der Waals surface area (Å²) < 4.78 is 5.50. The Bertz CT molecular complexity index is 363. The van der Waals surface area contributed by atoms with Gasteiger partial charge in [0.05, 0.1) is 0 Å². The van der Waals surface area contributed by atoms with E-state index in [1.54, 1.807) is 0 Å². The van der Waals surface area contributed by atoms with Crippen molar-refractivity contribution in [2.24, 2.45) is 11.7 Å². The molecule has 3 heteroatoms. The van der Waals surface area contributed by atoms with E-state index in [0.29, 0.717) is 12.0 Å². The Hall–Kier alpha value is -1.06. The summed E-state index contributed by atoms with van der Waals surface area (Å²) >= 11 is 0. The monoisotopic (exact) mass is 276 g/mol. The Balaban J connectivity index is 2.14. The minimum Gasteiger partial charge on any atom is -0.381 e. The van der Waals surface area contributed by atoms with Gasteiger partial charge < -0.3 is 15.4 Å². The van der Waals surface area contributed by atoms with Crippen LogP contribution in [0.5, 0.6) is 0 Å². The lowest BCUT2D eigenvalue weighted by Gasteiger charge is -2.39. The number of anilines is 1. The van der Waals surface area contributed by atoms with Gasteiger partial charge in [-0.15, -0.1) is 0 Å². The van der Waals surface area contributed by atoms with E-state index in [0.717, 1.165) is 39.1 Å². The second-order valence-corrected chi connectivity index (χ2v) is 5.64. The second kappa shape index (κ2) is 8.28. The van der Waals surface area contributed by atoms with Crippen molar-refractivity contribution < 1.29 is 4.74 Å². The van der Waals surface area contributed by atoms with Crippen LogP contribution in [0.2, 0.25) is 0 Å². The molecule has 0 aromatic heterocycles. The van der Waals surface area contributed by atoms with E-state index in [2.05, 4.69) is 42.2 Å². The number of nitrogens with zero attached hydrogens (tertiary/aromatic N) is 1. The van der Waals surface area contributed by atoms with Crippen LogP contribution in [-0.4, -0.2) is 32.3 Å². The summed E-state index contributed by atoms with van der Waals surface area (Å²) in [4.78, 5) is 2.53. The molecular formula is C17H28N2O. The molecule has 1 atom stereocenters. The zero-order valence-corrected chi connectivity index (χ0v) is 12.6. The zero-order chi connectivity index (χ0) is 14.2. The van der Waals surface area contributed by atoms with Crippen molar-refractivity contribution >= 4 is 5.69 Å². The maximum atomic E-state index is 6.13. The van der Waals surface area contributed by atoms with Crippen LogP contribution in [0.15, 0.2) is 30.3 Å². The van der Waals surface area contributed by atoms with Gasteiger partial charge in [-0.25, -0.2) is 0 Å². The number of rotatable bonds is 7. The first-order valence-corrected chi connectivity index (χ1v) is 7.96. The molecular weight excluding hydrogens is 248 g/mol. The number of para-hydroxylation sites is 1. The SMILES string of the molecule is CCCCN(c1ccccc1)C(CN)C1CCOCC1. The van der Waals surface area contributed by atoms with Crippen molar-refractivity contribution in [1.82, 2.24) is 0 Å². The van der Waals surface area contributed by atoms with Crippen molar-refractivity contribution in [3.8, 4) is 0 Å². The third-order valence-corrected chi connectivity index (χ3v) is 4.29. The molecule has 1 aromatic rings. The molecule has 2 N–H and O–H groups in total. The molecule has 0 spiro atoms. The molecule has 1 heterocycles. The van der Waals surface area contributed by atoms with E-state index in [-0.39, 0.29) is 0 Å². The molecule has 1 fully saturated rings. The fraction of sp³-hybridized carbons (Fsp3) is 0.647. The van der Waals surface area contributed by atoms with Gasteiger partial charge >= 0.3 is 0 Å². The molecule has 1 saturated heterocycles. The van der Waals surface area contributed by atoms with Crippen molar-refractivity contribution in [2.75, 3.05) is 31.2 Å². The zero-order valence-electron chi connectivity index (χ0n) is 12.6. The Kier molecular flexibility index (Phi) is 6.34. The lowest BCUT2D eigenvalue weighted by Crippen LogP contribution is -2.48. The van der Waals surface area contributed by atoms with E-state index >= 15 is 0 Å². The average Bonchev–Trinajstić information content (AvgIpc) is 2.53. The van der Waals surface area contributed by atoms with Gasteiger partial charge in [0.1, 0.15) is 0 Å². The average molecular weight is 276 g/mol. The second-order valence-electron chi connectivity index (χ2n) is 5.64. The fourth-order valence-electron chi connectivity index (χ4n) is 3.11. The van der Waals surface area contributed by atoms with Crippen LogP contribution in [0.4, 0.5) is 5.69 Å². The quantitative estimate of drug-likeness (QED) is 0.832. The van der Waals surface area contributed by atoms with Crippen molar-refractivity contribution in [3.63, 3.8) is 0 Å². The van der Waals surface area contributed by atoms with Crippen LogP contribution >= 0.6 is 0 Å². The molecule has 112 valence electrons.